The van der Waals surface area contributed by atoms with Crippen molar-refractivity contribution >= 4 is 0 Å². The largest absolute Gasteiger partial charge is 0.397 e. The third-order valence-corrected chi connectivity index (χ3v) is 1.69. The SMILES string of the molecule is CCO.c1cc(-c2ccncc2)ccn1. The Morgan fingerprint density at radius 3 is 1.40 bits per heavy atom. The summed E-state index contributed by atoms with van der Waals surface area (Å²) in [5, 5.41) is 7.57. The molecule has 1 N–H and O–H groups in total. The Hall–Kier alpha value is -1.74. The van der Waals surface area contributed by atoms with Gasteiger partial charge in [-0.2, -0.15) is 0 Å². The minimum absolute atomic E-state index is 0.250. The number of hydrogen-bond donors (Lipinski definition) is 1. The van der Waals surface area contributed by atoms with E-state index in [1.807, 2.05) is 24.3 Å². The van der Waals surface area contributed by atoms with Crippen LogP contribution in [0.1, 0.15) is 6.92 Å². The second-order valence-electron chi connectivity index (χ2n) is 2.79. The van der Waals surface area contributed by atoms with Gasteiger partial charge in [-0.25, -0.2) is 0 Å². The molecule has 0 amide bonds. The molecule has 0 bridgehead atoms. The summed E-state index contributed by atoms with van der Waals surface area (Å²) >= 11 is 0. The van der Waals surface area contributed by atoms with Gasteiger partial charge in [-0.1, -0.05) is 0 Å². The molecule has 3 nitrogen and oxygen atoms in total. The summed E-state index contributed by atoms with van der Waals surface area (Å²) < 4.78 is 0. The van der Waals surface area contributed by atoms with Gasteiger partial charge in [-0.05, 0) is 42.3 Å². The Morgan fingerprint density at radius 2 is 1.13 bits per heavy atom. The highest BCUT2D eigenvalue weighted by Crippen LogP contribution is 2.15. The van der Waals surface area contributed by atoms with Gasteiger partial charge in [-0.15, -0.1) is 0 Å². The Kier molecular flexibility index (Phi) is 5.04. The van der Waals surface area contributed by atoms with E-state index < -0.39 is 0 Å². The lowest BCUT2D eigenvalue weighted by Crippen LogP contribution is -1.77. The van der Waals surface area contributed by atoms with E-state index >= 15 is 0 Å². The molecule has 2 heterocycles. The molecule has 2 aromatic heterocycles. The van der Waals surface area contributed by atoms with Gasteiger partial charge < -0.3 is 5.11 Å². The van der Waals surface area contributed by atoms with Crippen LogP contribution in [-0.4, -0.2) is 21.7 Å². The molecule has 15 heavy (non-hydrogen) atoms. The Balaban J connectivity index is 0.000000337. The van der Waals surface area contributed by atoms with Gasteiger partial charge in [0.05, 0.1) is 0 Å². The van der Waals surface area contributed by atoms with E-state index in [9.17, 15) is 0 Å². The summed E-state index contributed by atoms with van der Waals surface area (Å²) in [7, 11) is 0. The van der Waals surface area contributed by atoms with Crippen LogP contribution < -0.4 is 0 Å². The maximum Gasteiger partial charge on any atom is 0.0402 e. The van der Waals surface area contributed by atoms with Gasteiger partial charge in [0, 0.05) is 31.4 Å². The summed E-state index contributed by atoms with van der Waals surface area (Å²) in [5.41, 5.74) is 2.35. The molecule has 0 aromatic carbocycles. The molecule has 2 rings (SSSR count). The molecule has 0 aliphatic carbocycles. The fourth-order valence-corrected chi connectivity index (χ4v) is 1.09. The van der Waals surface area contributed by atoms with Crippen LogP contribution in [0.5, 0.6) is 0 Å². The lowest BCUT2D eigenvalue weighted by atomic mass is 10.1. The van der Waals surface area contributed by atoms with Gasteiger partial charge in [0.25, 0.3) is 0 Å². The van der Waals surface area contributed by atoms with Crippen LogP contribution in [0.15, 0.2) is 49.1 Å². The van der Waals surface area contributed by atoms with E-state index in [0.717, 1.165) is 0 Å². The predicted octanol–water partition coefficient (Wildman–Crippen LogP) is 2.14. The zero-order valence-electron chi connectivity index (χ0n) is 8.67. The van der Waals surface area contributed by atoms with Gasteiger partial charge in [0.1, 0.15) is 0 Å². The van der Waals surface area contributed by atoms with Crippen LogP contribution in [0.4, 0.5) is 0 Å². The van der Waals surface area contributed by atoms with Crippen LogP contribution in [0.25, 0.3) is 11.1 Å². The number of aliphatic hydroxyl groups excluding tert-OH is 1. The summed E-state index contributed by atoms with van der Waals surface area (Å²) in [4.78, 5) is 7.91. The van der Waals surface area contributed by atoms with Gasteiger partial charge in [0.2, 0.25) is 0 Å². The predicted molar refractivity (Wildman–Crippen MR) is 60.2 cm³/mol. The minimum atomic E-state index is 0.250. The molecule has 0 spiro atoms. The molecular formula is C12H14N2O. The average molecular weight is 202 g/mol. The first-order valence-corrected chi connectivity index (χ1v) is 4.79. The highest BCUT2D eigenvalue weighted by atomic mass is 16.2. The van der Waals surface area contributed by atoms with Crippen LogP contribution in [-0.2, 0) is 0 Å². The quantitative estimate of drug-likeness (QED) is 0.770. The number of aliphatic hydroxyl groups is 1. The lowest BCUT2D eigenvalue weighted by molar-refractivity contribution is 0.318. The first-order valence-electron chi connectivity index (χ1n) is 4.79. The van der Waals surface area contributed by atoms with Crippen LogP contribution in [0.2, 0.25) is 0 Å². The Bertz CT molecular complexity index is 324. The van der Waals surface area contributed by atoms with Crippen molar-refractivity contribution < 1.29 is 5.11 Å². The standard InChI is InChI=1S/C10H8N2.C2H6O/c1-5-11-6-2-9(1)10-3-7-12-8-4-10;1-2-3/h1-8H;3H,2H2,1H3. The molecular weight excluding hydrogens is 188 g/mol. The Morgan fingerprint density at radius 1 is 0.867 bits per heavy atom. The third-order valence-electron chi connectivity index (χ3n) is 1.69. The van der Waals surface area contributed by atoms with E-state index in [4.69, 9.17) is 5.11 Å². The second kappa shape index (κ2) is 6.68. The molecule has 0 aliphatic rings. The Labute approximate surface area is 89.5 Å². The molecule has 0 fully saturated rings. The summed E-state index contributed by atoms with van der Waals surface area (Å²) in [6.45, 7) is 1.93. The van der Waals surface area contributed by atoms with Crippen molar-refractivity contribution in [3.8, 4) is 11.1 Å². The maximum absolute atomic E-state index is 7.57. The maximum atomic E-state index is 7.57. The van der Waals surface area contributed by atoms with E-state index in [2.05, 4.69) is 9.97 Å². The molecule has 0 atom stereocenters. The molecule has 2 aromatic rings. The van der Waals surface area contributed by atoms with Crippen molar-refractivity contribution in [2.45, 2.75) is 6.92 Å². The zero-order valence-corrected chi connectivity index (χ0v) is 8.67. The van der Waals surface area contributed by atoms with Gasteiger partial charge >= 0.3 is 0 Å². The first-order chi connectivity index (χ1) is 7.38. The highest BCUT2D eigenvalue weighted by Gasteiger charge is 1.92. The smallest absolute Gasteiger partial charge is 0.0402 e. The van der Waals surface area contributed by atoms with Crippen molar-refractivity contribution in [3.05, 3.63) is 49.1 Å². The molecule has 3 heteroatoms. The number of hydrogen-bond acceptors (Lipinski definition) is 3. The highest BCUT2D eigenvalue weighted by molar-refractivity contribution is 5.61. The van der Waals surface area contributed by atoms with E-state index in [1.54, 1.807) is 31.7 Å². The summed E-state index contributed by atoms with van der Waals surface area (Å²) in [5.74, 6) is 0. The third kappa shape index (κ3) is 3.87. The fraction of sp³-hybridized carbons (Fsp3) is 0.167. The molecule has 78 valence electrons. The van der Waals surface area contributed by atoms with Gasteiger partial charge in [0.15, 0.2) is 0 Å². The minimum Gasteiger partial charge on any atom is -0.397 e. The van der Waals surface area contributed by atoms with E-state index in [1.165, 1.54) is 11.1 Å². The van der Waals surface area contributed by atoms with Crippen LogP contribution in [0.3, 0.4) is 0 Å². The monoisotopic (exact) mass is 202 g/mol. The fourth-order valence-electron chi connectivity index (χ4n) is 1.09. The molecule has 0 saturated heterocycles. The average Bonchev–Trinajstić information content (AvgIpc) is 2.32. The number of rotatable bonds is 1. The zero-order chi connectivity index (χ0) is 10.9. The van der Waals surface area contributed by atoms with Gasteiger partial charge in [-0.3, -0.25) is 9.97 Å². The number of aromatic nitrogens is 2. The number of pyridine rings is 2. The number of nitrogens with zero attached hydrogens (tertiary/aromatic N) is 2. The topological polar surface area (TPSA) is 46.0 Å². The van der Waals surface area contributed by atoms with Crippen molar-refractivity contribution in [1.29, 1.82) is 0 Å². The molecule has 0 radical (unpaired) electrons. The van der Waals surface area contributed by atoms with Crippen molar-refractivity contribution in [3.63, 3.8) is 0 Å². The summed E-state index contributed by atoms with van der Waals surface area (Å²) in [6, 6.07) is 7.93. The first kappa shape index (κ1) is 11.3. The van der Waals surface area contributed by atoms with E-state index in [0.29, 0.717) is 0 Å². The molecule has 0 saturated carbocycles. The van der Waals surface area contributed by atoms with Crippen LogP contribution in [0, 0.1) is 0 Å². The van der Waals surface area contributed by atoms with Crippen molar-refractivity contribution in [2.75, 3.05) is 6.61 Å². The van der Waals surface area contributed by atoms with E-state index in [-0.39, 0.29) is 6.61 Å². The lowest BCUT2D eigenvalue weighted by Gasteiger charge is -1.97. The summed E-state index contributed by atoms with van der Waals surface area (Å²) in [6.07, 6.45) is 7.15. The molecule has 0 aliphatic heterocycles. The second-order valence-corrected chi connectivity index (χ2v) is 2.79. The van der Waals surface area contributed by atoms with Crippen LogP contribution >= 0.6 is 0 Å². The molecule has 0 unspecified atom stereocenters. The van der Waals surface area contributed by atoms with Crippen molar-refractivity contribution in [1.82, 2.24) is 9.97 Å². The van der Waals surface area contributed by atoms with Crippen molar-refractivity contribution in [2.24, 2.45) is 0 Å². The normalized spacial score (nSPS) is 8.93.